The highest BCUT2D eigenvalue weighted by Crippen LogP contribution is 2.21. The SMILES string of the molecule is Cl.Cn1nc(C(=O)N2CCCC2)c2c1CNC2. The number of carbonyl (C=O) groups excluding carboxylic acids is 1. The molecule has 94 valence electrons. The van der Waals surface area contributed by atoms with Crippen molar-refractivity contribution in [1.82, 2.24) is 20.0 Å². The third-order valence-corrected chi connectivity index (χ3v) is 3.46. The molecule has 0 saturated carbocycles. The van der Waals surface area contributed by atoms with E-state index in [-0.39, 0.29) is 18.3 Å². The zero-order chi connectivity index (χ0) is 11.1. The van der Waals surface area contributed by atoms with Crippen LogP contribution < -0.4 is 5.32 Å². The summed E-state index contributed by atoms with van der Waals surface area (Å²) in [5.74, 6) is 0.109. The maximum absolute atomic E-state index is 12.2. The molecule has 17 heavy (non-hydrogen) atoms. The van der Waals surface area contributed by atoms with E-state index in [1.165, 1.54) is 0 Å². The number of likely N-dealkylation sites (tertiary alicyclic amines) is 1. The van der Waals surface area contributed by atoms with Crippen LogP contribution in [0.15, 0.2) is 0 Å². The first-order valence-electron chi connectivity index (χ1n) is 5.82. The van der Waals surface area contributed by atoms with Crippen molar-refractivity contribution in [2.75, 3.05) is 13.1 Å². The van der Waals surface area contributed by atoms with Crippen LogP contribution in [-0.2, 0) is 20.1 Å². The first kappa shape index (κ1) is 12.4. The lowest BCUT2D eigenvalue weighted by molar-refractivity contribution is 0.0785. The molecule has 1 amide bonds. The number of hydrogen-bond acceptors (Lipinski definition) is 3. The van der Waals surface area contributed by atoms with Gasteiger partial charge in [-0.15, -0.1) is 12.4 Å². The average molecular weight is 257 g/mol. The standard InChI is InChI=1S/C11H16N4O.ClH/c1-14-9-7-12-6-8(9)10(13-14)11(16)15-4-2-3-5-15;/h12H,2-7H2,1H3;1H. The highest BCUT2D eigenvalue weighted by Gasteiger charge is 2.28. The van der Waals surface area contributed by atoms with Crippen molar-refractivity contribution >= 4 is 18.3 Å². The second-order valence-electron chi connectivity index (χ2n) is 4.50. The highest BCUT2D eigenvalue weighted by atomic mass is 35.5. The fourth-order valence-corrected chi connectivity index (χ4v) is 2.56. The number of halogens is 1. The number of aromatic nitrogens is 2. The summed E-state index contributed by atoms with van der Waals surface area (Å²) >= 11 is 0. The fourth-order valence-electron chi connectivity index (χ4n) is 2.56. The van der Waals surface area contributed by atoms with E-state index >= 15 is 0 Å². The summed E-state index contributed by atoms with van der Waals surface area (Å²) in [6.45, 7) is 3.37. The van der Waals surface area contributed by atoms with E-state index in [4.69, 9.17) is 0 Å². The van der Waals surface area contributed by atoms with E-state index in [0.717, 1.165) is 50.3 Å². The summed E-state index contributed by atoms with van der Waals surface area (Å²) < 4.78 is 1.83. The van der Waals surface area contributed by atoms with Gasteiger partial charge in [0, 0.05) is 38.8 Å². The van der Waals surface area contributed by atoms with Gasteiger partial charge in [0.2, 0.25) is 0 Å². The van der Waals surface area contributed by atoms with Crippen LogP contribution in [0.5, 0.6) is 0 Å². The van der Waals surface area contributed by atoms with Gasteiger partial charge in [-0.2, -0.15) is 5.10 Å². The van der Waals surface area contributed by atoms with Crippen LogP contribution in [0.25, 0.3) is 0 Å². The summed E-state index contributed by atoms with van der Waals surface area (Å²) in [6.07, 6.45) is 2.25. The summed E-state index contributed by atoms with van der Waals surface area (Å²) in [6, 6.07) is 0. The molecule has 1 N–H and O–H groups in total. The van der Waals surface area contributed by atoms with Crippen molar-refractivity contribution in [2.24, 2.45) is 7.05 Å². The van der Waals surface area contributed by atoms with Crippen LogP contribution in [-0.4, -0.2) is 33.7 Å². The quantitative estimate of drug-likeness (QED) is 0.804. The van der Waals surface area contributed by atoms with Crippen LogP contribution >= 0.6 is 12.4 Å². The number of aryl methyl sites for hydroxylation is 1. The van der Waals surface area contributed by atoms with E-state index < -0.39 is 0 Å². The first-order valence-corrected chi connectivity index (χ1v) is 5.82. The lowest BCUT2D eigenvalue weighted by atomic mass is 10.2. The van der Waals surface area contributed by atoms with Crippen molar-refractivity contribution in [3.05, 3.63) is 17.0 Å². The summed E-state index contributed by atoms with van der Waals surface area (Å²) in [4.78, 5) is 14.2. The minimum absolute atomic E-state index is 0. The molecule has 6 heteroatoms. The third kappa shape index (κ3) is 1.93. The zero-order valence-corrected chi connectivity index (χ0v) is 10.7. The van der Waals surface area contributed by atoms with Crippen LogP contribution in [0, 0.1) is 0 Å². The number of nitrogens with one attached hydrogen (secondary N) is 1. The van der Waals surface area contributed by atoms with Gasteiger partial charge in [0.15, 0.2) is 5.69 Å². The van der Waals surface area contributed by atoms with E-state index in [2.05, 4.69) is 10.4 Å². The van der Waals surface area contributed by atoms with Gasteiger partial charge in [-0.3, -0.25) is 9.48 Å². The molecule has 0 aliphatic carbocycles. The van der Waals surface area contributed by atoms with Crippen molar-refractivity contribution in [3.8, 4) is 0 Å². The molecule has 1 aromatic heterocycles. The number of carbonyl (C=O) groups is 1. The molecule has 1 aromatic rings. The van der Waals surface area contributed by atoms with Crippen LogP contribution in [0.3, 0.4) is 0 Å². The van der Waals surface area contributed by atoms with Gasteiger partial charge >= 0.3 is 0 Å². The number of nitrogens with zero attached hydrogens (tertiary/aromatic N) is 3. The molecular formula is C11H17ClN4O. The maximum Gasteiger partial charge on any atom is 0.274 e. The molecule has 1 saturated heterocycles. The molecular weight excluding hydrogens is 240 g/mol. The molecule has 0 aromatic carbocycles. The Hall–Kier alpha value is -1.07. The number of rotatable bonds is 1. The Bertz CT molecular complexity index is 437. The van der Waals surface area contributed by atoms with Gasteiger partial charge in [0.25, 0.3) is 5.91 Å². The number of hydrogen-bond donors (Lipinski definition) is 1. The molecule has 0 radical (unpaired) electrons. The molecule has 1 fully saturated rings. The molecule has 3 rings (SSSR count). The summed E-state index contributed by atoms with van der Waals surface area (Å²) in [5.41, 5.74) is 2.91. The lowest BCUT2D eigenvalue weighted by Crippen LogP contribution is -2.29. The largest absolute Gasteiger partial charge is 0.337 e. The summed E-state index contributed by atoms with van der Waals surface area (Å²) in [5, 5.41) is 7.63. The topological polar surface area (TPSA) is 50.2 Å². The van der Waals surface area contributed by atoms with Crippen LogP contribution in [0.1, 0.15) is 34.6 Å². The monoisotopic (exact) mass is 256 g/mol. The van der Waals surface area contributed by atoms with Crippen LogP contribution in [0.4, 0.5) is 0 Å². The average Bonchev–Trinajstić information content (AvgIpc) is 2.94. The Balaban J connectivity index is 0.00000108. The molecule has 0 atom stereocenters. The second-order valence-corrected chi connectivity index (χ2v) is 4.50. The maximum atomic E-state index is 12.2. The van der Waals surface area contributed by atoms with Crippen molar-refractivity contribution < 1.29 is 4.79 Å². The van der Waals surface area contributed by atoms with Crippen LogP contribution in [0.2, 0.25) is 0 Å². The Morgan fingerprint density at radius 1 is 1.29 bits per heavy atom. The predicted octanol–water partition coefficient (Wildman–Crippen LogP) is 0.681. The van der Waals surface area contributed by atoms with Gasteiger partial charge in [-0.25, -0.2) is 0 Å². The summed E-state index contributed by atoms with van der Waals surface area (Å²) in [7, 11) is 1.91. The number of amides is 1. The minimum Gasteiger partial charge on any atom is -0.337 e. The molecule has 0 bridgehead atoms. The molecule has 0 spiro atoms. The van der Waals surface area contributed by atoms with Crippen molar-refractivity contribution in [3.63, 3.8) is 0 Å². The Labute approximate surface area is 107 Å². The Kier molecular flexibility index (Phi) is 3.40. The van der Waals surface area contributed by atoms with Gasteiger partial charge in [-0.05, 0) is 12.8 Å². The predicted molar refractivity (Wildman–Crippen MR) is 66.1 cm³/mol. The highest BCUT2D eigenvalue weighted by molar-refractivity contribution is 5.94. The van der Waals surface area contributed by atoms with E-state index in [1.807, 2.05) is 16.6 Å². The molecule has 3 heterocycles. The Morgan fingerprint density at radius 2 is 2.00 bits per heavy atom. The first-order chi connectivity index (χ1) is 7.77. The Morgan fingerprint density at radius 3 is 2.71 bits per heavy atom. The molecule has 5 nitrogen and oxygen atoms in total. The van der Waals surface area contributed by atoms with E-state index in [1.54, 1.807) is 0 Å². The smallest absolute Gasteiger partial charge is 0.274 e. The molecule has 2 aliphatic rings. The zero-order valence-electron chi connectivity index (χ0n) is 9.90. The van der Waals surface area contributed by atoms with Gasteiger partial charge in [0.1, 0.15) is 0 Å². The van der Waals surface area contributed by atoms with E-state index in [9.17, 15) is 4.79 Å². The molecule has 2 aliphatic heterocycles. The van der Waals surface area contributed by atoms with E-state index in [0.29, 0.717) is 5.69 Å². The second kappa shape index (κ2) is 4.66. The van der Waals surface area contributed by atoms with Gasteiger partial charge in [0.05, 0.1) is 5.69 Å². The van der Waals surface area contributed by atoms with Gasteiger partial charge in [-0.1, -0.05) is 0 Å². The lowest BCUT2D eigenvalue weighted by Gasteiger charge is -2.13. The minimum atomic E-state index is 0. The fraction of sp³-hybridized carbons (Fsp3) is 0.636. The van der Waals surface area contributed by atoms with Crippen molar-refractivity contribution in [2.45, 2.75) is 25.9 Å². The number of fused-ring (bicyclic) bond motifs is 1. The van der Waals surface area contributed by atoms with Crippen molar-refractivity contribution in [1.29, 1.82) is 0 Å². The third-order valence-electron chi connectivity index (χ3n) is 3.46. The van der Waals surface area contributed by atoms with Gasteiger partial charge < -0.3 is 10.2 Å². The molecule has 0 unspecified atom stereocenters. The normalized spacial score (nSPS) is 18.1.